The molecule has 0 radical (unpaired) electrons. The first-order valence-corrected chi connectivity index (χ1v) is 8.96. The third-order valence-electron chi connectivity index (χ3n) is 4.93. The van der Waals surface area contributed by atoms with Gasteiger partial charge in [0.05, 0.1) is 18.8 Å². The predicted octanol–water partition coefficient (Wildman–Crippen LogP) is 4.02. The first-order chi connectivity index (χ1) is 13.1. The van der Waals surface area contributed by atoms with E-state index in [9.17, 15) is 13.6 Å². The molecule has 4 nitrogen and oxygen atoms in total. The van der Waals surface area contributed by atoms with Crippen LogP contribution >= 0.6 is 0 Å². The Bertz CT molecular complexity index is 969. The van der Waals surface area contributed by atoms with Crippen LogP contribution in [0.3, 0.4) is 0 Å². The molecular weight excluding hydrogens is 348 g/mol. The molecule has 1 aliphatic carbocycles. The van der Waals surface area contributed by atoms with Crippen LogP contribution in [-0.2, 0) is 13.0 Å². The molecule has 0 saturated heterocycles. The molecule has 1 heterocycles. The number of carbonyl (C=O) groups is 1. The monoisotopic (exact) mass is 367 g/mol. The molecule has 0 saturated carbocycles. The summed E-state index contributed by atoms with van der Waals surface area (Å²) in [5.41, 5.74) is 3.38. The van der Waals surface area contributed by atoms with Gasteiger partial charge < -0.3 is 5.32 Å². The summed E-state index contributed by atoms with van der Waals surface area (Å²) in [6.45, 7) is 0.681. The van der Waals surface area contributed by atoms with Crippen molar-refractivity contribution in [1.29, 1.82) is 0 Å². The van der Waals surface area contributed by atoms with E-state index in [4.69, 9.17) is 0 Å². The molecule has 1 aliphatic rings. The molecule has 0 bridgehead atoms. The maximum absolute atomic E-state index is 13.4. The van der Waals surface area contributed by atoms with Crippen LogP contribution in [0, 0.1) is 11.6 Å². The SMILES string of the molecule is O=C(N[C@H]1CCCc2c1cnn2Cc1ccccc1)c1ccc(F)c(F)c1. The summed E-state index contributed by atoms with van der Waals surface area (Å²) in [7, 11) is 0. The number of halogens is 2. The normalized spacial score (nSPS) is 16.0. The topological polar surface area (TPSA) is 46.9 Å². The molecule has 1 N–H and O–H groups in total. The van der Waals surface area contributed by atoms with E-state index in [0.29, 0.717) is 6.54 Å². The molecule has 27 heavy (non-hydrogen) atoms. The molecule has 138 valence electrons. The van der Waals surface area contributed by atoms with Gasteiger partial charge in [0.15, 0.2) is 11.6 Å². The molecule has 0 spiro atoms. The highest BCUT2D eigenvalue weighted by Gasteiger charge is 2.26. The van der Waals surface area contributed by atoms with Crippen molar-refractivity contribution in [2.45, 2.75) is 31.8 Å². The lowest BCUT2D eigenvalue weighted by Crippen LogP contribution is -2.31. The zero-order chi connectivity index (χ0) is 18.8. The van der Waals surface area contributed by atoms with Gasteiger partial charge in [-0.1, -0.05) is 30.3 Å². The van der Waals surface area contributed by atoms with Crippen molar-refractivity contribution in [1.82, 2.24) is 15.1 Å². The molecule has 1 amide bonds. The smallest absolute Gasteiger partial charge is 0.251 e. The van der Waals surface area contributed by atoms with Crippen LogP contribution in [0.4, 0.5) is 8.78 Å². The Labute approximate surface area is 155 Å². The van der Waals surface area contributed by atoms with E-state index < -0.39 is 17.5 Å². The first-order valence-electron chi connectivity index (χ1n) is 8.96. The number of nitrogens with one attached hydrogen (secondary N) is 1. The standard InChI is InChI=1S/C21H19F2N3O/c22-17-10-9-15(11-18(17)23)21(27)25-19-7-4-8-20-16(19)12-24-26(20)13-14-5-2-1-3-6-14/h1-3,5-6,9-12,19H,4,7-8,13H2,(H,25,27)/t19-/m0/s1. The van der Waals surface area contributed by atoms with Gasteiger partial charge in [-0.2, -0.15) is 5.10 Å². The number of fused-ring (bicyclic) bond motifs is 1. The Balaban J connectivity index is 1.53. The second-order valence-electron chi connectivity index (χ2n) is 6.74. The maximum atomic E-state index is 13.4. The van der Waals surface area contributed by atoms with Crippen molar-refractivity contribution in [3.05, 3.63) is 88.7 Å². The average molecular weight is 367 g/mol. The van der Waals surface area contributed by atoms with Crippen LogP contribution in [0.5, 0.6) is 0 Å². The number of nitrogens with zero attached hydrogens (tertiary/aromatic N) is 2. The minimum absolute atomic E-state index is 0.109. The van der Waals surface area contributed by atoms with Gasteiger partial charge in [0.2, 0.25) is 0 Å². The molecule has 0 unspecified atom stereocenters. The summed E-state index contributed by atoms with van der Waals surface area (Å²) in [5.74, 6) is -2.40. The zero-order valence-electron chi connectivity index (χ0n) is 14.7. The van der Waals surface area contributed by atoms with Crippen molar-refractivity contribution in [3.8, 4) is 0 Å². The fraction of sp³-hybridized carbons (Fsp3) is 0.238. The van der Waals surface area contributed by atoms with Gasteiger partial charge in [-0.3, -0.25) is 9.48 Å². The van der Waals surface area contributed by atoms with E-state index in [2.05, 4.69) is 22.5 Å². The van der Waals surface area contributed by atoms with Crippen LogP contribution < -0.4 is 5.32 Å². The van der Waals surface area contributed by atoms with E-state index in [1.54, 1.807) is 6.20 Å². The fourth-order valence-electron chi connectivity index (χ4n) is 3.54. The Morgan fingerprint density at radius 2 is 1.96 bits per heavy atom. The lowest BCUT2D eigenvalue weighted by molar-refractivity contribution is 0.0932. The summed E-state index contributed by atoms with van der Waals surface area (Å²) in [6, 6.07) is 13.1. The van der Waals surface area contributed by atoms with Crippen molar-refractivity contribution in [2.75, 3.05) is 0 Å². The van der Waals surface area contributed by atoms with Crippen LogP contribution in [-0.4, -0.2) is 15.7 Å². The van der Waals surface area contributed by atoms with Crippen LogP contribution in [0.25, 0.3) is 0 Å². The van der Waals surface area contributed by atoms with Crippen molar-refractivity contribution in [2.24, 2.45) is 0 Å². The lowest BCUT2D eigenvalue weighted by atomic mass is 9.92. The molecule has 0 fully saturated rings. The number of hydrogen-bond donors (Lipinski definition) is 1. The molecule has 4 rings (SSSR count). The quantitative estimate of drug-likeness (QED) is 0.757. The van der Waals surface area contributed by atoms with Crippen LogP contribution in [0.2, 0.25) is 0 Å². The number of carbonyl (C=O) groups excluding carboxylic acids is 1. The van der Waals surface area contributed by atoms with Crippen LogP contribution in [0.1, 0.15) is 46.1 Å². The predicted molar refractivity (Wildman–Crippen MR) is 97.3 cm³/mol. The summed E-state index contributed by atoms with van der Waals surface area (Å²) in [4.78, 5) is 12.5. The maximum Gasteiger partial charge on any atom is 0.251 e. The second kappa shape index (κ2) is 7.31. The van der Waals surface area contributed by atoms with E-state index in [0.717, 1.165) is 48.2 Å². The Morgan fingerprint density at radius 1 is 1.15 bits per heavy atom. The molecule has 3 aromatic rings. The molecule has 1 aromatic heterocycles. The third kappa shape index (κ3) is 3.60. The number of amides is 1. The summed E-state index contributed by atoms with van der Waals surface area (Å²) < 4.78 is 28.5. The Kier molecular flexibility index (Phi) is 4.71. The molecule has 1 atom stereocenters. The second-order valence-corrected chi connectivity index (χ2v) is 6.74. The van der Waals surface area contributed by atoms with E-state index in [1.165, 1.54) is 6.07 Å². The van der Waals surface area contributed by atoms with Crippen molar-refractivity contribution in [3.63, 3.8) is 0 Å². The van der Waals surface area contributed by atoms with E-state index >= 15 is 0 Å². The highest BCUT2D eigenvalue weighted by Crippen LogP contribution is 2.30. The van der Waals surface area contributed by atoms with Gasteiger partial charge in [0, 0.05) is 16.8 Å². The highest BCUT2D eigenvalue weighted by atomic mass is 19.2. The fourth-order valence-corrected chi connectivity index (χ4v) is 3.54. The number of aromatic nitrogens is 2. The molecular formula is C21H19F2N3O. The Morgan fingerprint density at radius 3 is 2.74 bits per heavy atom. The molecule has 2 aromatic carbocycles. The molecule has 6 heteroatoms. The lowest BCUT2D eigenvalue weighted by Gasteiger charge is -2.24. The number of hydrogen-bond acceptors (Lipinski definition) is 2. The summed E-state index contributed by atoms with van der Waals surface area (Å²) >= 11 is 0. The van der Waals surface area contributed by atoms with Gasteiger partial charge in [-0.05, 0) is 43.0 Å². The van der Waals surface area contributed by atoms with Crippen molar-refractivity contribution >= 4 is 5.91 Å². The Hall–Kier alpha value is -3.02. The minimum Gasteiger partial charge on any atom is -0.345 e. The first kappa shape index (κ1) is 17.4. The van der Waals surface area contributed by atoms with E-state index in [1.807, 2.05) is 22.9 Å². The number of rotatable bonds is 4. The van der Waals surface area contributed by atoms with Gasteiger partial charge in [-0.15, -0.1) is 0 Å². The third-order valence-corrected chi connectivity index (χ3v) is 4.93. The van der Waals surface area contributed by atoms with Gasteiger partial charge >= 0.3 is 0 Å². The number of benzene rings is 2. The van der Waals surface area contributed by atoms with Crippen LogP contribution in [0.15, 0.2) is 54.7 Å². The summed E-state index contributed by atoms with van der Waals surface area (Å²) in [5, 5.41) is 7.44. The highest BCUT2D eigenvalue weighted by molar-refractivity contribution is 5.94. The van der Waals surface area contributed by atoms with E-state index in [-0.39, 0.29) is 11.6 Å². The minimum atomic E-state index is -1.03. The average Bonchev–Trinajstić information content (AvgIpc) is 3.09. The van der Waals surface area contributed by atoms with Gasteiger partial charge in [0.25, 0.3) is 5.91 Å². The summed E-state index contributed by atoms with van der Waals surface area (Å²) in [6.07, 6.45) is 4.42. The van der Waals surface area contributed by atoms with Gasteiger partial charge in [-0.25, -0.2) is 8.78 Å². The zero-order valence-corrected chi connectivity index (χ0v) is 14.7. The molecule has 0 aliphatic heterocycles. The van der Waals surface area contributed by atoms with Gasteiger partial charge in [0.1, 0.15) is 0 Å². The van der Waals surface area contributed by atoms with Crippen molar-refractivity contribution < 1.29 is 13.6 Å². The largest absolute Gasteiger partial charge is 0.345 e.